The lowest BCUT2D eigenvalue weighted by molar-refractivity contribution is -0.150. The van der Waals surface area contributed by atoms with Crippen LogP contribution in [0.3, 0.4) is 0 Å². The zero-order valence-electron chi connectivity index (χ0n) is 19.1. The van der Waals surface area contributed by atoms with Crippen LogP contribution in [-0.4, -0.2) is 90.4 Å². The molecule has 10 heteroatoms. The number of carbonyl (C=O) groups excluding carboxylic acids is 2. The molecule has 2 N–H and O–H groups in total. The Bertz CT molecular complexity index is 981. The molecule has 2 fully saturated rings. The number of carboxylic acid groups (broad SMARTS) is 1. The SMILES string of the molecule is COc1cccc(-c2cc(C(=O)N3CCC4(CC3)CC(CN(C)C)OC4=O)[nH]n2)c1.O=CO. The van der Waals surface area contributed by atoms with Crippen molar-refractivity contribution in [2.45, 2.75) is 25.4 Å². The summed E-state index contributed by atoms with van der Waals surface area (Å²) in [5.74, 6) is 0.534. The number of H-pyrrole nitrogens is 1. The van der Waals surface area contributed by atoms with Gasteiger partial charge in [-0.1, -0.05) is 12.1 Å². The van der Waals surface area contributed by atoms with Gasteiger partial charge in [0.15, 0.2) is 0 Å². The number of rotatable bonds is 5. The summed E-state index contributed by atoms with van der Waals surface area (Å²) in [6, 6.07) is 9.32. The van der Waals surface area contributed by atoms with E-state index < -0.39 is 5.41 Å². The molecule has 0 aliphatic carbocycles. The van der Waals surface area contributed by atoms with E-state index in [-0.39, 0.29) is 24.5 Å². The molecule has 0 radical (unpaired) electrons. The second kappa shape index (κ2) is 10.5. The number of cyclic esters (lactones) is 1. The summed E-state index contributed by atoms with van der Waals surface area (Å²) >= 11 is 0. The second-order valence-corrected chi connectivity index (χ2v) is 8.57. The van der Waals surface area contributed by atoms with Crippen LogP contribution in [0.25, 0.3) is 11.3 Å². The van der Waals surface area contributed by atoms with Crippen LogP contribution >= 0.6 is 0 Å². The molecule has 10 nitrogen and oxygen atoms in total. The molecule has 3 heterocycles. The maximum atomic E-state index is 13.0. The molecule has 1 spiro atoms. The average Bonchev–Trinajstić information content (AvgIpc) is 3.39. The van der Waals surface area contributed by atoms with Crippen LogP contribution in [0.4, 0.5) is 0 Å². The minimum Gasteiger partial charge on any atom is -0.497 e. The first-order chi connectivity index (χ1) is 15.8. The summed E-state index contributed by atoms with van der Waals surface area (Å²) in [6.07, 6.45) is 1.94. The predicted octanol–water partition coefficient (Wildman–Crippen LogP) is 1.89. The molecule has 1 aromatic heterocycles. The number of hydrogen-bond donors (Lipinski definition) is 2. The Labute approximate surface area is 192 Å². The van der Waals surface area contributed by atoms with Gasteiger partial charge in [-0.2, -0.15) is 5.10 Å². The second-order valence-electron chi connectivity index (χ2n) is 8.57. The summed E-state index contributed by atoms with van der Waals surface area (Å²) < 4.78 is 10.9. The van der Waals surface area contributed by atoms with Gasteiger partial charge >= 0.3 is 5.97 Å². The lowest BCUT2D eigenvalue weighted by Crippen LogP contribution is -2.45. The van der Waals surface area contributed by atoms with E-state index in [1.807, 2.05) is 43.3 Å². The van der Waals surface area contributed by atoms with Crippen molar-refractivity contribution in [3.05, 3.63) is 36.0 Å². The molecule has 2 aliphatic rings. The number of likely N-dealkylation sites (tertiary alicyclic amines) is 1. The molecule has 2 saturated heterocycles. The molecule has 1 unspecified atom stereocenters. The third-order valence-electron chi connectivity index (χ3n) is 6.08. The fourth-order valence-corrected chi connectivity index (χ4v) is 4.42. The van der Waals surface area contributed by atoms with Gasteiger partial charge in [-0.3, -0.25) is 19.5 Å². The molecule has 0 saturated carbocycles. The number of amides is 1. The Morgan fingerprint density at radius 3 is 2.70 bits per heavy atom. The number of methoxy groups -OCH3 is 1. The number of carbonyl (C=O) groups is 3. The van der Waals surface area contributed by atoms with Crippen molar-refractivity contribution in [1.29, 1.82) is 0 Å². The van der Waals surface area contributed by atoms with Crippen molar-refractivity contribution in [1.82, 2.24) is 20.0 Å². The fraction of sp³-hybridized carbons (Fsp3) is 0.478. The van der Waals surface area contributed by atoms with Crippen molar-refractivity contribution in [3.8, 4) is 17.0 Å². The van der Waals surface area contributed by atoms with Crippen molar-refractivity contribution in [3.63, 3.8) is 0 Å². The maximum Gasteiger partial charge on any atom is 0.312 e. The topological polar surface area (TPSA) is 125 Å². The van der Waals surface area contributed by atoms with E-state index >= 15 is 0 Å². The van der Waals surface area contributed by atoms with Crippen LogP contribution in [0, 0.1) is 5.41 Å². The highest BCUT2D eigenvalue weighted by Gasteiger charge is 2.50. The van der Waals surface area contributed by atoms with Gasteiger partial charge in [0.05, 0.1) is 18.2 Å². The van der Waals surface area contributed by atoms with Crippen molar-refractivity contribution in [2.75, 3.05) is 40.8 Å². The lowest BCUT2D eigenvalue weighted by atomic mass is 9.76. The number of likely N-dealkylation sites (N-methyl/N-ethyl adjacent to an activating group) is 1. The van der Waals surface area contributed by atoms with Crippen LogP contribution in [0.2, 0.25) is 0 Å². The van der Waals surface area contributed by atoms with Crippen LogP contribution < -0.4 is 4.74 Å². The van der Waals surface area contributed by atoms with Gasteiger partial charge in [-0.25, -0.2) is 0 Å². The van der Waals surface area contributed by atoms with E-state index in [0.717, 1.165) is 24.3 Å². The van der Waals surface area contributed by atoms with E-state index in [2.05, 4.69) is 10.2 Å². The number of aromatic nitrogens is 2. The number of nitrogens with one attached hydrogen (secondary N) is 1. The first-order valence-electron chi connectivity index (χ1n) is 10.7. The van der Waals surface area contributed by atoms with Crippen molar-refractivity contribution < 1.29 is 29.0 Å². The van der Waals surface area contributed by atoms with Gasteiger partial charge in [-0.05, 0) is 45.1 Å². The molecule has 1 amide bonds. The molecular weight excluding hydrogens is 428 g/mol. The fourth-order valence-electron chi connectivity index (χ4n) is 4.42. The molecule has 33 heavy (non-hydrogen) atoms. The van der Waals surface area contributed by atoms with Gasteiger partial charge in [0.25, 0.3) is 12.4 Å². The monoisotopic (exact) mass is 458 g/mol. The highest BCUT2D eigenvalue weighted by Crippen LogP contribution is 2.43. The molecule has 2 aliphatic heterocycles. The van der Waals surface area contributed by atoms with Crippen LogP contribution in [0.1, 0.15) is 29.8 Å². The van der Waals surface area contributed by atoms with Crippen LogP contribution in [0.5, 0.6) is 5.75 Å². The highest BCUT2D eigenvalue weighted by molar-refractivity contribution is 5.93. The quantitative estimate of drug-likeness (QED) is 0.514. The first kappa shape index (κ1) is 24.2. The zero-order valence-corrected chi connectivity index (χ0v) is 19.1. The van der Waals surface area contributed by atoms with E-state index in [9.17, 15) is 9.59 Å². The van der Waals surface area contributed by atoms with E-state index in [1.54, 1.807) is 18.1 Å². The molecule has 1 aromatic carbocycles. The van der Waals surface area contributed by atoms with Gasteiger partial charge in [-0.15, -0.1) is 0 Å². The third-order valence-corrected chi connectivity index (χ3v) is 6.08. The Morgan fingerprint density at radius 1 is 1.36 bits per heavy atom. The largest absolute Gasteiger partial charge is 0.497 e. The number of piperidine rings is 1. The highest BCUT2D eigenvalue weighted by atomic mass is 16.6. The maximum absolute atomic E-state index is 13.0. The van der Waals surface area contributed by atoms with E-state index in [1.165, 1.54) is 0 Å². The third kappa shape index (κ3) is 5.51. The summed E-state index contributed by atoms with van der Waals surface area (Å²) in [7, 11) is 5.57. The minimum atomic E-state index is -0.447. The molecule has 2 aromatic rings. The summed E-state index contributed by atoms with van der Waals surface area (Å²) in [5.41, 5.74) is 1.57. The predicted molar refractivity (Wildman–Crippen MR) is 120 cm³/mol. The van der Waals surface area contributed by atoms with Gasteiger partial charge in [0.1, 0.15) is 17.5 Å². The molecule has 1 atom stereocenters. The number of ether oxygens (including phenoxy) is 2. The van der Waals surface area contributed by atoms with Gasteiger partial charge in [0, 0.05) is 31.6 Å². The molecule has 4 rings (SSSR count). The normalized spacial score (nSPS) is 19.1. The summed E-state index contributed by atoms with van der Waals surface area (Å²) in [6.45, 7) is 1.56. The summed E-state index contributed by atoms with van der Waals surface area (Å²) in [5, 5.41) is 14.0. The standard InChI is InChI=1S/C22H28N4O4.CH2O2/c1-25(2)14-17-13-22(21(28)30-17)7-9-26(10-8-22)20(27)19-12-18(23-24-19)15-5-4-6-16(11-15)29-3;2-1-3/h4-6,11-12,17H,7-10,13-14H2,1-3H3,(H,23,24);1H,(H,2,3). The number of benzene rings is 1. The Balaban J connectivity index is 0.000000968. The van der Waals surface area contributed by atoms with Gasteiger partial charge in [0.2, 0.25) is 0 Å². The number of esters is 1. The van der Waals surface area contributed by atoms with E-state index in [4.69, 9.17) is 19.4 Å². The molecule has 178 valence electrons. The average molecular weight is 459 g/mol. The molecule has 0 bridgehead atoms. The minimum absolute atomic E-state index is 0.0622. The van der Waals surface area contributed by atoms with Crippen LogP contribution in [0.15, 0.2) is 30.3 Å². The Morgan fingerprint density at radius 2 is 2.06 bits per heavy atom. The Hall–Kier alpha value is -3.40. The lowest BCUT2D eigenvalue weighted by Gasteiger charge is -2.36. The van der Waals surface area contributed by atoms with Crippen molar-refractivity contribution in [2.24, 2.45) is 5.41 Å². The van der Waals surface area contributed by atoms with Crippen molar-refractivity contribution >= 4 is 18.3 Å². The van der Waals surface area contributed by atoms with Gasteiger partial charge < -0.3 is 24.4 Å². The van der Waals surface area contributed by atoms with Crippen LogP contribution in [-0.2, 0) is 14.3 Å². The number of aromatic amines is 1. The first-order valence-corrected chi connectivity index (χ1v) is 10.7. The smallest absolute Gasteiger partial charge is 0.312 e. The number of nitrogens with zero attached hydrogens (tertiary/aromatic N) is 3. The van der Waals surface area contributed by atoms with E-state index in [0.29, 0.717) is 37.3 Å². The Kier molecular flexibility index (Phi) is 7.70. The molecular formula is C23H30N4O6. The summed E-state index contributed by atoms with van der Waals surface area (Å²) in [4.78, 5) is 37.7. The number of hydrogen-bond acceptors (Lipinski definition) is 7. The zero-order chi connectivity index (χ0) is 24.0.